The molecular formula is C33H39N5O10S. The number of sulfonamides is 1. The average molecular weight is 698 g/mol. The summed E-state index contributed by atoms with van der Waals surface area (Å²) in [6.45, 7) is 6.68. The molecule has 4 amide bonds. The van der Waals surface area contributed by atoms with Crippen molar-refractivity contribution in [2.24, 2.45) is 5.92 Å². The number of aromatic nitrogens is 1. The number of ketones is 1. The highest BCUT2D eigenvalue weighted by molar-refractivity contribution is 7.91. The maximum absolute atomic E-state index is 14.0. The molecule has 2 heterocycles. The van der Waals surface area contributed by atoms with Gasteiger partial charge in [0.25, 0.3) is 5.91 Å². The lowest BCUT2D eigenvalue weighted by molar-refractivity contribution is -0.141. The second kappa shape index (κ2) is 13.9. The fourth-order valence-corrected chi connectivity index (χ4v) is 7.32. The standard InChI is InChI=1S/C33H39N5O10S/c1-5-18(3)27(39)15-25(35-32(43)44)30(41)38-17-22(48-29-24-10-7-21(47-4)13-19(24)11-12-34-29)14-26(38)28(40)36-33(16-20(33)6-2)31(42)37-49(45,46)23-8-9-23/h5-7,10-13,20,22-23,25-26,35H,2,8-9,14-17H2,1,3-4H3,(H,36,40)(H,37,42)(H,43,44)/b18-5+/t20-,22-,25+,26+,33-/m1/s1. The number of benzene rings is 1. The van der Waals surface area contributed by atoms with Crippen molar-refractivity contribution in [2.75, 3.05) is 13.7 Å². The van der Waals surface area contributed by atoms with Gasteiger partial charge in [0, 0.05) is 30.3 Å². The van der Waals surface area contributed by atoms with E-state index in [1.54, 1.807) is 31.2 Å². The molecule has 2 aromatic rings. The van der Waals surface area contributed by atoms with Gasteiger partial charge in [0.1, 0.15) is 29.5 Å². The first kappa shape index (κ1) is 35.3. The fraction of sp³-hybridized carbons (Fsp3) is 0.455. The molecule has 5 rings (SSSR count). The van der Waals surface area contributed by atoms with E-state index in [4.69, 9.17) is 9.47 Å². The van der Waals surface area contributed by atoms with Crippen LogP contribution in [0.15, 0.2) is 54.8 Å². The predicted molar refractivity (Wildman–Crippen MR) is 176 cm³/mol. The van der Waals surface area contributed by atoms with Gasteiger partial charge >= 0.3 is 6.09 Å². The van der Waals surface area contributed by atoms with E-state index in [1.165, 1.54) is 32.4 Å². The quantitative estimate of drug-likeness (QED) is 0.165. The number of carbonyl (C=O) groups excluding carboxylic acids is 4. The number of carbonyl (C=O) groups is 5. The third-order valence-electron chi connectivity index (χ3n) is 9.17. The summed E-state index contributed by atoms with van der Waals surface area (Å²) in [5.41, 5.74) is -1.30. The Bertz CT molecular complexity index is 1840. The van der Waals surface area contributed by atoms with Crippen LogP contribution in [0.25, 0.3) is 10.8 Å². The van der Waals surface area contributed by atoms with E-state index in [-0.39, 0.29) is 25.3 Å². The van der Waals surface area contributed by atoms with Crippen LogP contribution in [0.1, 0.15) is 46.0 Å². The van der Waals surface area contributed by atoms with Gasteiger partial charge in [-0.25, -0.2) is 18.2 Å². The topological polar surface area (TPSA) is 210 Å². The molecule has 262 valence electrons. The van der Waals surface area contributed by atoms with Crippen molar-refractivity contribution < 1.29 is 47.0 Å². The van der Waals surface area contributed by atoms with Crippen LogP contribution in [0.4, 0.5) is 4.79 Å². The zero-order valence-electron chi connectivity index (χ0n) is 27.3. The van der Waals surface area contributed by atoms with E-state index >= 15 is 0 Å². The summed E-state index contributed by atoms with van der Waals surface area (Å²) in [4.78, 5) is 71.3. The van der Waals surface area contributed by atoms with Crippen molar-refractivity contribution in [1.82, 2.24) is 25.2 Å². The number of allylic oxidation sites excluding steroid dienone is 2. The predicted octanol–water partition coefficient (Wildman–Crippen LogP) is 1.82. The highest BCUT2D eigenvalue weighted by Gasteiger charge is 2.62. The molecule has 0 bridgehead atoms. The van der Waals surface area contributed by atoms with Gasteiger partial charge < -0.3 is 30.1 Å². The Labute approximate surface area is 283 Å². The van der Waals surface area contributed by atoms with Crippen molar-refractivity contribution in [3.8, 4) is 11.6 Å². The van der Waals surface area contributed by atoms with E-state index in [9.17, 15) is 37.5 Å². The van der Waals surface area contributed by atoms with Gasteiger partial charge in [-0.1, -0.05) is 12.2 Å². The first-order valence-electron chi connectivity index (χ1n) is 15.8. The third-order valence-corrected chi connectivity index (χ3v) is 11.0. The van der Waals surface area contributed by atoms with E-state index < -0.39 is 80.9 Å². The Hall–Kier alpha value is -4.99. The third kappa shape index (κ3) is 7.53. The minimum Gasteiger partial charge on any atom is -0.497 e. The molecule has 49 heavy (non-hydrogen) atoms. The molecule has 1 aromatic heterocycles. The van der Waals surface area contributed by atoms with Gasteiger partial charge in [0.15, 0.2) is 5.78 Å². The number of nitrogens with zero attached hydrogens (tertiary/aromatic N) is 2. The molecule has 3 fully saturated rings. The number of likely N-dealkylation sites (tertiary alicyclic amines) is 1. The minimum atomic E-state index is -3.93. The van der Waals surface area contributed by atoms with Crippen LogP contribution >= 0.6 is 0 Å². The van der Waals surface area contributed by atoms with Gasteiger partial charge in [-0.2, -0.15) is 0 Å². The van der Waals surface area contributed by atoms with E-state index in [2.05, 4.69) is 26.9 Å². The number of fused-ring (bicyclic) bond motifs is 1. The van der Waals surface area contributed by atoms with Gasteiger partial charge in [-0.3, -0.25) is 23.9 Å². The zero-order valence-corrected chi connectivity index (χ0v) is 28.1. The molecule has 4 N–H and O–H groups in total. The van der Waals surface area contributed by atoms with Crippen LogP contribution in [0.5, 0.6) is 11.6 Å². The second-order valence-corrected chi connectivity index (χ2v) is 14.4. The van der Waals surface area contributed by atoms with Gasteiger partial charge in [0.2, 0.25) is 27.7 Å². The van der Waals surface area contributed by atoms with Gasteiger partial charge in [0.05, 0.1) is 18.9 Å². The number of nitrogens with one attached hydrogen (secondary N) is 3. The Morgan fingerprint density at radius 3 is 2.55 bits per heavy atom. The molecule has 0 unspecified atom stereocenters. The summed E-state index contributed by atoms with van der Waals surface area (Å²) in [6.07, 6.45) is 2.46. The van der Waals surface area contributed by atoms with Crippen LogP contribution in [0.2, 0.25) is 0 Å². The van der Waals surface area contributed by atoms with E-state index in [0.29, 0.717) is 29.6 Å². The highest BCUT2D eigenvalue weighted by Crippen LogP contribution is 2.45. The number of amides is 4. The molecule has 2 aliphatic carbocycles. The van der Waals surface area contributed by atoms with Crippen molar-refractivity contribution >= 4 is 50.4 Å². The van der Waals surface area contributed by atoms with Crippen LogP contribution < -0.4 is 24.8 Å². The molecule has 1 saturated heterocycles. The van der Waals surface area contributed by atoms with Crippen molar-refractivity contribution in [3.63, 3.8) is 0 Å². The largest absolute Gasteiger partial charge is 0.497 e. The zero-order chi connectivity index (χ0) is 35.7. The molecule has 5 atom stereocenters. The maximum Gasteiger partial charge on any atom is 0.405 e. The first-order valence-corrected chi connectivity index (χ1v) is 17.3. The Morgan fingerprint density at radius 1 is 1.20 bits per heavy atom. The number of methoxy groups -OCH3 is 1. The summed E-state index contributed by atoms with van der Waals surface area (Å²) in [6, 6.07) is 4.19. The number of hydrogen-bond acceptors (Lipinski definition) is 10. The molecule has 2 saturated carbocycles. The number of rotatable bonds is 14. The van der Waals surface area contributed by atoms with Crippen LogP contribution in [-0.4, -0.2) is 95.6 Å². The molecule has 1 aromatic carbocycles. The first-order chi connectivity index (χ1) is 23.2. The Kier molecular flexibility index (Phi) is 9.99. The van der Waals surface area contributed by atoms with Gasteiger partial charge in [-0.15, -0.1) is 6.58 Å². The van der Waals surface area contributed by atoms with Crippen molar-refractivity contribution in [1.29, 1.82) is 0 Å². The van der Waals surface area contributed by atoms with Gasteiger partial charge in [-0.05, 0) is 68.3 Å². The average Bonchev–Trinajstić information content (AvgIpc) is 4.00. The summed E-state index contributed by atoms with van der Waals surface area (Å²) in [7, 11) is -2.40. The number of ether oxygens (including phenoxy) is 2. The molecular weight excluding hydrogens is 658 g/mol. The van der Waals surface area contributed by atoms with Crippen LogP contribution in [0.3, 0.4) is 0 Å². The van der Waals surface area contributed by atoms with Crippen molar-refractivity contribution in [3.05, 3.63) is 54.8 Å². The second-order valence-electron chi connectivity index (χ2n) is 12.5. The smallest absolute Gasteiger partial charge is 0.405 e. The molecule has 0 radical (unpaired) electrons. The summed E-state index contributed by atoms with van der Waals surface area (Å²) < 4.78 is 38.8. The summed E-state index contributed by atoms with van der Waals surface area (Å²) in [5, 5.41) is 15.0. The Balaban J connectivity index is 1.44. The lowest BCUT2D eigenvalue weighted by Gasteiger charge is -2.29. The monoisotopic (exact) mass is 697 g/mol. The van der Waals surface area contributed by atoms with E-state index in [1.807, 2.05) is 0 Å². The number of Topliss-reactive ketones (excluding diaryl/α,β-unsaturated/α-hetero) is 1. The normalized spacial score (nSPS) is 24.0. The molecule has 3 aliphatic rings. The highest BCUT2D eigenvalue weighted by atomic mass is 32.2. The SMILES string of the molecule is C=C[C@@H]1C[C@]1(NC(=O)[C@@H]1C[C@@H](Oc2nccc3cc(OC)ccc23)CN1C(=O)[C@H](CC(=O)/C(C)=C/C)NC(=O)O)C(=O)NS(=O)(=O)C1CC1. The van der Waals surface area contributed by atoms with Crippen molar-refractivity contribution in [2.45, 2.75) is 74.9 Å². The molecule has 1 aliphatic heterocycles. The lowest BCUT2D eigenvalue weighted by Crippen LogP contribution is -2.58. The summed E-state index contributed by atoms with van der Waals surface area (Å²) in [5.74, 6) is -2.78. The molecule has 0 spiro atoms. The number of carboxylic acid groups (broad SMARTS) is 1. The Morgan fingerprint density at radius 2 is 1.94 bits per heavy atom. The van der Waals surface area contributed by atoms with Crippen LogP contribution in [0, 0.1) is 5.92 Å². The number of pyridine rings is 1. The fourth-order valence-electron chi connectivity index (χ4n) is 5.96. The summed E-state index contributed by atoms with van der Waals surface area (Å²) >= 11 is 0. The maximum atomic E-state index is 14.0. The lowest BCUT2D eigenvalue weighted by atomic mass is 10.0. The minimum absolute atomic E-state index is 0.0819. The van der Waals surface area contributed by atoms with E-state index in [0.717, 1.165) is 10.3 Å². The molecule has 15 nitrogen and oxygen atoms in total. The van der Waals surface area contributed by atoms with Crippen LogP contribution in [-0.2, 0) is 29.2 Å². The molecule has 16 heteroatoms. The number of hydrogen-bond donors (Lipinski definition) is 4.